The Hall–Kier alpha value is -0.835. The fourth-order valence-electron chi connectivity index (χ4n) is 1.13. The SMILES string of the molecule is C[C@H](CO)c1cccc(B(O)O)c1. The van der Waals surface area contributed by atoms with Gasteiger partial charge in [-0.15, -0.1) is 0 Å². The van der Waals surface area contributed by atoms with Gasteiger partial charge in [0.05, 0.1) is 0 Å². The van der Waals surface area contributed by atoms with Gasteiger partial charge in [0.15, 0.2) is 0 Å². The predicted octanol–water partition coefficient (Wildman–Crippen LogP) is -0.538. The molecular formula is C9H13BO3. The van der Waals surface area contributed by atoms with E-state index >= 15 is 0 Å². The number of aliphatic hydroxyl groups is 1. The second kappa shape index (κ2) is 4.41. The van der Waals surface area contributed by atoms with E-state index in [0.29, 0.717) is 5.46 Å². The Kier molecular flexibility index (Phi) is 3.48. The standard InChI is InChI=1S/C9H13BO3/c1-7(6-11)8-3-2-4-9(5-8)10(12)13/h2-5,7,11-13H,6H2,1H3/t7-/m1/s1. The molecule has 0 radical (unpaired) electrons. The lowest BCUT2D eigenvalue weighted by Crippen LogP contribution is -2.30. The largest absolute Gasteiger partial charge is 0.488 e. The monoisotopic (exact) mass is 180 g/mol. The molecule has 0 aliphatic heterocycles. The zero-order valence-corrected chi connectivity index (χ0v) is 7.51. The lowest BCUT2D eigenvalue weighted by molar-refractivity contribution is 0.273. The summed E-state index contributed by atoms with van der Waals surface area (Å²) in [6.07, 6.45) is 0. The van der Waals surface area contributed by atoms with E-state index < -0.39 is 7.12 Å². The van der Waals surface area contributed by atoms with Crippen LogP contribution in [-0.2, 0) is 0 Å². The van der Waals surface area contributed by atoms with Crippen molar-refractivity contribution in [2.24, 2.45) is 0 Å². The first-order valence-corrected chi connectivity index (χ1v) is 4.22. The van der Waals surface area contributed by atoms with Gasteiger partial charge in [0.1, 0.15) is 0 Å². The summed E-state index contributed by atoms with van der Waals surface area (Å²) in [6.45, 7) is 1.94. The fraction of sp³-hybridized carbons (Fsp3) is 0.333. The Balaban J connectivity index is 2.91. The molecule has 0 amide bonds. The van der Waals surface area contributed by atoms with Crippen LogP contribution in [0.2, 0.25) is 0 Å². The summed E-state index contributed by atoms with van der Waals surface area (Å²) in [7, 11) is -1.44. The van der Waals surface area contributed by atoms with Crippen LogP contribution in [0.4, 0.5) is 0 Å². The zero-order chi connectivity index (χ0) is 9.84. The Morgan fingerprint density at radius 3 is 2.62 bits per heavy atom. The first-order valence-electron chi connectivity index (χ1n) is 4.22. The van der Waals surface area contributed by atoms with E-state index in [9.17, 15) is 0 Å². The van der Waals surface area contributed by atoms with Gasteiger partial charge in [-0.25, -0.2) is 0 Å². The number of aliphatic hydroxyl groups excluding tert-OH is 1. The first-order chi connectivity index (χ1) is 6.15. The van der Waals surface area contributed by atoms with Crippen molar-refractivity contribution in [1.82, 2.24) is 0 Å². The van der Waals surface area contributed by atoms with Gasteiger partial charge in [-0.3, -0.25) is 0 Å². The molecule has 3 nitrogen and oxygen atoms in total. The summed E-state index contributed by atoms with van der Waals surface area (Å²) in [4.78, 5) is 0. The zero-order valence-electron chi connectivity index (χ0n) is 7.51. The first kappa shape index (κ1) is 10.2. The van der Waals surface area contributed by atoms with Crippen molar-refractivity contribution in [1.29, 1.82) is 0 Å². The average Bonchev–Trinajstić information content (AvgIpc) is 2.17. The van der Waals surface area contributed by atoms with Crippen LogP contribution in [-0.4, -0.2) is 28.9 Å². The molecule has 0 unspecified atom stereocenters. The Morgan fingerprint density at radius 1 is 1.38 bits per heavy atom. The molecule has 3 N–H and O–H groups in total. The van der Waals surface area contributed by atoms with Crippen LogP contribution in [0.5, 0.6) is 0 Å². The summed E-state index contributed by atoms with van der Waals surface area (Å²) in [5.41, 5.74) is 1.37. The van der Waals surface area contributed by atoms with Crippen LogP contribution < -0.4 is 5.46 Å². The summed E-state index contributed by atoms with van der Waals surface area (Å²) < 4.78 is 0. The number of benzene rings is 1. The molecule has 0 fully saturated rings. The molecule has 0 aliphatic carbocycles. The molecule has 1 rings (SSSR count). The van der Waals surface area contributed by atoms with E-state index in [1.165, 1.54) is 0 Å². The van der Waals surface area contributed by atoms with Gasteiger partial charge in [0.2, 0.25) is 0 Å². The van der Waals surface area contributed by atoms with Crippen LogP contribution in [0.1, 0.15) is 18.4 Å². The minimum absolute atomic E-state index is 0.0266. The Bertz CT molecular complexity index is 275. The highest BCUT2D eigenvalue weighted by Crippen LogP contribution is 2.11. The summed E-state index contributed by atoms with van der Waals surface area (Å²) in [5.74, 6) is 0.0266. The van der Waals surface area contributed by atoms with Crippen molar-refractivity contribution in [3.05, 3.63) is 29.8 Å². The Labute approximate surface area is 77.8 Å². The number of hydrogen-bond acceptors (Lipinski definition) is 3. The van der Waals surface area contributed by atoms with Crippen LogP contribution in [0.3, 0.4) is 0 Å². The molecule has 1 aromatic carbocycles. The maximum Gasteiger partial charge on any atom is 0.488 e. The van der Waals surface area contributed by atoms with Crippen molar-refractivity contribution in [3.63, 3.8) is 0 Å². The number of rotatable bonds is 3. The van der Waals surface area contributed by atoms with Crippen LogP contribution in [0.25, 0.3) is 0 Å². The summed E-state index contributed by atoms with van der Waals surface area (Å²) >= 11 is 0. The van der Waals surface area contributed by atoms with Gasteiger partial charge in [-0.1, -0.05) is 31.2 Å². The van der Waals surface area contributed by atoms with Crippen molar-refractivity contribution in [2.75, 3.05) is 6.61 Å². The van der Waals surface area contributed by atoms with Crippen molar-refractivity contribution < 1.29 is 15.2 Å². The molecule has 0 spiro atoms. The summed E-state index contributed by atoms with van der Waals surface area (Å²) in [5, 5.41) is 26.7. The van der Waals surface area contributed by atoms with Crippen molar-refractivity contribution in [3.8, 4) is 0 Å². The van der Waals surface area contributed by atoms with Crippen molar-refractivity contribution >= 4 is 12.6 Å². The predicted molar refractivity (Wildman–Crippen MR) is 51.8 cm³/mol. The molecule has 70 valence electrons. The molecule has 0 bridgehead atoms. The van der Waals surface area contributed by atoms with E-state index in [1.54, 1.807) is 18.2 Å². The van der Waals surface area contributed by atoms with Crippen LogP contribution in [0.15, 0.2) is 24.3 Å². The third kappa shape index (κ3) is 2.55. The average molecular weight is 180 g/mol. The van der Waals surface area contributed by atoms with Gasteiger partial charge in [0.25, 0.3) is 0 Å². The van der Waals surface area contributed by atoms with Crippen molar-refractivity contribution in [2.45, 2.75) is 12.8 Å². The summed E-state index contributed by atoms with van der Waals surface area (Å²) in [6, 6.07) is 6.92. The third-order valence-electron chi connectivity index (χ3n) is 2.05. The normalized spacial score (nSPS) is 12.6. The van der Waals surface area contributed by atoms with Gasteiger partial charge >= 0.3 is 7.12 Å². The minimum Gasteiger partial charge on any atom is -0.423 e. The fourth-order valence-corrected chi connectivity index (χ4v) is 1.13. The van der Waals surface area contributed by atoms with Gasteiger partial charge in [-0.05, 0) is 11.0 Å². The third-order valence-corrected chi connectivity index (χ3v) is 2.05. The topological polar surface area (TPSA) is 60.7 Å². The molecule has 0 heterocycles. The maximum atomic E-state index is 8.90. The lowest BCUT2D eigenvalue weighted by atomic mass is 9.79. The minimum atomic E-state index is -1.44. The molecule has 13 heavy (non-hydrogen) atoms. The van der Waals surface area contributed by atoms with E-state index in [2.05, 4.69) is 0 Å². The molecule has 0 saturated carbocycles. The van der Waals surface area contributed by atoms with E-state index in [4.69, 9.17) is 15.2 Å². The highest BCUT2D eigenvalue weighted by molar-refractivity contribution is 6.58. The van der Waals surface area contributed by atoms with Crippen LogP contribution in [0, 0.1) is 0 Å². The molecule has 1 atom stereocenters. The Morgan fingerprint density at radius 2 is 2.08 bits per heavy atom. The quantitative estimate of drug-likeness (QED) is 0.547. The maximum absolute atomic E-state index is 8.90. The second-order valence-electron chi connectivity index (χ2n) is 3.13. The lowest BCUT2D eigenvalue weighted by Gasteiger charge is -2.09. The smallest absolute Gasteiger partial charge is 0.423 e. The van der Waals surface area contributed by atoms with Crippen LogP contribution >= 0.6 is 0 Å². The molecule has 1 aromatic rings. The highest BCUT2D eigenvalue weighted by Gasteiger charge is 2.12. The number of hydrogen-bond donors (Lipinski definition) is 3. The van der Waals surface area contributed by atoms with E-state index in [-0.39, 0.29) is 12.5 Å². The molecule has 4 heteroatoms. The molecule has 0 aliphatic rings. The van der Waals surface area contributed by atoms with Gasteiger partial charge in [0, 0.05) is 12.5 Å². The van der Waals surface area contributed by atoms with E-state index in [1.807, 2.05) is 13.0 Å². The van der Waals surface area contributed by atoms with E-state index in [0.717, 1.165) is 5.56 Å². The molecule has 0 saturated heterocycles. The second-order valence-corrected chi connectivity index (χ2v) is 3.13. The highest BCUT2D eigenvalue weighted by atomic mass is 16.4. The molecule has 0 aromatic heterocycles. The van der Waals surface area contributed by atoms with Gasteiger partial charge < -0.3 is 15.2 Å². The van der Waals surface area contributed by atoms with Gasteiger partial charge in [-0.2, -0.15) is 0 Å². The molecular weight excluding hydrogens is 167 g/mol.